The highest BCUT2D eigenvalue weighted by molar-refractivity contribution is 5.80. The number of rotatable bonds is 6. The Labute approximate surface area is 172 Å². The molecular weight excluding hydrogens is 360 g/mol. The Morgan fingerprint density at radius 2 is 1.59 bits per heavy atom. The van der Waals surface area contributed by atoms with Crippen LogP contribution in [-0.2, 0) is 11.3 Å². The van der Waals surface area contributed by atoms with Gasteiger partial charge < -0.3 is 14.4 Å². The highest BCUT2D eigenvalue weighted by Crippen LogP contribution is 2.25. The summed E-state index contributed by atoms with van der Waals surface area (Å²) in [6, 6.07) is 18.9. The predicted octanol–water partition coefficient (Wildman–Crippen LogP) is 4.17. The summed E-state index contributed by atoms with van der Waals surface area (Å²) in [5, 5.41) is 0. The minimum atomic E-state index is 0.157. The lowest BCUT2D eigenvalue weighted by atomic mass is 10.0. The highest BCUT2D eigenvalue weighted by Gasteiger charge is 2.27. The summed E-state index contributed by atoms with van der Waals surface area (Å²) in [4.78, 5) is 22.1. The van der Waals surface area contributed by atoms with Crippen LogP contribution in [0.4, 0.5) is 5.95 Å². The molecule has 0 bridgehead atoms. The van der Waals surface area contributed by atoms with Crippen LogP contribution < -0.4 is 4.90 Å². The number of imidazole rings is 1. The van der Waals surface area contributed by atoms with Crippen LogP contribution in [0.2, 0.25) is 0 Å². The molecule has 29 heavy (non-hydrogen) atoms. The summed E-state index contributed by atoms with van der Waals surface area (Å²) in [5.41, 5.74) is 3.44. The lowest BCUT2D eigenvalue weighted by Gasteiger charge is -2.37. The van der Waals surface area contributed by atoms with E-state index in [0.717, 1.165) is 62.5 Å². The number of amides is 1. The van der Waals surface area contributed by atoms with Crippen molar-refractivity contribution in [3.8, 4) is 0 Å². The molecule has 1 aliphatic rings. The van der Waals surface area contributed by atoms with Crippen molar-refractivity contribution in [2.24, 2.45) is 5.92 Å². The third-order valence-electron chi connectivity index (χ3n) is 6.03. The molecular formula is C24H30N4O. The smallest absolute Gasteiger partial charge is 0.225 e. The van der Waals surface area contributed by atoms with E-state index in [2.05, 4.69) is 65.8 Å². The highest BCUT2D eigenvalue weighted by atomic mass is 16.2. The number of benzene rings is 2. The largest absolute Gasteiger partial charge is 0.339 e. The topological polar surface area (TPSA) is 41.4 Å². The van der Waals surface area contributed by atoms with Crippen molar-refractivity contribution in [2.75, 3.05) is 31.1 Å². The summed E-state index contributed by atoms with van der Waals surface area (Å²) in [6.07, 6.45) is 1.84. The number of hydrogen-bond donors (Lipinski definition) is 0. The molecule has 0 aliphatic carbocycles. The van der Waals surface area contributed by atoms with Crippen LogP contribution in [0, 0.1) is 5.92 Å². The number of anilines is 1. The number of hydrogen-bond acceptors (Lipinski definition) is 3. The Morgan fingerprint density at radius 1 is 0.931 bits per heavy atom. The van der Waals surface area contributed by atoms with Crippen LogP contribution in [-0.4, -0.2) is 46.5 Å². The van der Waals surface area contributed by atoms with E-state index in [-0.39, 0.29) is 5.92 Å². The fraction of sp³-hybridized carbons (Fsp3) is 0.417. The van der Waals surface area contributed by atoms with Crippen LogP contribution in [0.15, 0.2) is 54.6 Å². The van der Waals surface area contributed by atoms with Crippen molar-refractivity contribution in [2.45, 2.75) is 33.2 Å². The first kappa shape index (κ1) is 19.5. The van der Waals surface area contributed by atoms with Gasteiger partial charge in [0, 0.05) is 32.1 Å². The third kappa shape index (κ3) is 4.00. The van der Waals surface area contributed by atoms with E-state index in [0.29, 0.717) is 5.91 Å². The molecule has 0 spiro atoms. The van der Waals surface area contributed by atoms with Gasteiger partial charge in [-0.15, -0.1) is 0 Å². The normalized spacial score (nSPS) is 14.7. The average Bonchev–Trinajstić information content (AvgIpc) is 3.14. The molecule has 1 aliphatic heterocycles. The second-order valence-electron chi connectivity index (χ2n) is 7.80. The number of para-hydroxylation sites is 2. The van der Waals surface area contributed by atoms with Gasteiger partial charge in [0.15, 0.2) is 0 Å². The minimum absolute atomic E-state index is 0.157. The molecule has 0 atom stereocenters. The second-order valence-corrected chi connectivity index (χ2v) is 7.80. The Bertz CT molecular complexity index is 953. The molecule has 0 unspecified atom stereocenters. The summed E-state index contributed by atoms with van der Waals surface area (Å²) < 4.78 is 2.31. The average molecular weight is 391 g/mol. The molecule has 152 valence electrons. The molecule has 5 heteroatoms. The van der Waals surface area contributed by atoms with E-state index in [1.54, 1.807) is 0 Å². The maximum atomic E-state index is 12.7. The first-order valence-corrected chi connectivity index (χ1v) is 10.7. The summed E-state index contributed by atoms with van der Waals surface area (Å²) >= 11 is 0. The van der Waals surface area contributed by atoms with Crippen LogP contribution in [0.1, 0.15) is 32.3 Å². The van der Waals surface area contributed by atoms with E-state index < -0.39 is 0 Å². The van der Waals surface area contributed by atoms with E-state index in [1.165, 1.54) is 5.56 Å². The minimum Gasteiger partial charge on any atom is -0.339 e. The number of fused-ring (bicyclic) bond motifs is 1. The molecule has 4 rings (SSSR count). The van der Waals surface area contributed by atoms with Crippen LogP contribution in [0.5, 0.6) is 0 Å². The molecule has 0 radical (unpaired) electrons. The van der Waals surface area contributed by atoms with Gasteiger partial charge in [0.05, 0.1) is 17.6 Å². The molecule has 3 aromatic rings. The van der Waals surface area contributed by atoms with E-state index >= 15 is 0 Å². The summed E-state index contributed by atoms with van der Waals surface area (Å²) in [6.45, 7) is 8.19. The zero-order valence-corrected chi connectivity index (χ0v) is 17.4. The van der Waals surface area contributed by atoms with E-state index in [9.17, 15) is 4.79 Å². The second kappa shape index (κ2) is 8.68. The maximum absolute atomic E-state index is 12.7. The van der Waals surface area contributed by atoms with Gasteiger partial charge >= 0.3 is 0 Å². The monoisotopic (exact) mass is 390 g/mol. The van der Waals surface area contributed by atoms with Crippen LogP contribution in [0.25, 0.3) is 11.0 Å². The zero-order valence-electron chi connectivity index (χ0n) is 17.4. The first-order chi connectivity index (χ1) is 14.2. The first-order valence-electron chi connectivity index (χ1n) is 10.7. The van der Waals surface area contributed by atoms with Gasteiger partial charge in [-0.05, 0) is 30.5 Å². The SMILES string of the molecule is CCC(CC)C(=O)N1CCN(c2nc3ccccc3n2Cc2ccccc2)CC1. The van der Waals surface area contributed by atoms with Crippen molar-refractivity contribution in [1.82, 2.24) is 14.5 Å². The fourth-order valence-electron chi connectivity index (χ4n) is 4.25. The van der Waals surface area contributed by atoms with Crippen LogP contribution >= 0.6 is 0 Å². The quantitative estimate of drug-likeness (QED) is 0.634. The van der Waals surface area contributed by atoms with Crippen molar-refractivity contribution >= 4 is 22.9 Å². The molecule has 1 saturated heterocycles. The molecule has 1 aromatic heterocycles. The zero-order chi connectivity index (χ0) is 20.2. The predicted molar refractivity (Wildman–Crippen MR) is 118 cm³/mol. The Kier molecular flexibility index (Phi) is 5.84. The van der Waals surface area contributed by atoms with Gasteiger partial charge in [0.1, 0.15) is 0 Å². The maximum Gasteiger partial charge on any atom is 0.225 e. The number of carbonyl (C=O) groups is 1. The molecule has 0 saturated carbocycles. The van der Waals surface area contributed by atoms with E-state index in [4.69, 9.17) is 4.98 Å². The molecule has 5 nitrogen and oxygen atoms in total. The standard InChI is InChI=1S/C24H30N4O/c1-3-20(4-2)23(29)26-14-16-27(17-15-26)24-25-21-12-8-9-13-22(21)28(24)18-19-10-6-5-7-11-19/h5-13,20H,3-4,14-18H2,1-2H3. The van der Waals surface area contributed by atoms with Gasteiger partial charge in [0.25, 0.3) is 0 Å². The van der Waals surface area contributed by atoms with Crippen molar-refractivity contribution in [3.05, 3.63) is 60.2 Å². The molecule has 2 heterocycles. The fourth-order valence-corrected chi connectivity index (χ4v) is 4.25. The van der Waals surface area contributed by atoms with Crippen LogP contribution in [0.3, 0.4) is 0 Å². The number of aromatic nitrogens is 2. The van der Waals surface area contributed by atoms with Gasteiger partial charge in [-0.2, -0.15) is 0 Å². The number of piperazine rings is 1. The molecule has 2 aromatic carbocycles. The molecule has 1 fully saturated rings. The lowest BCUT2D eigenvalue weighted by molar-refractivity contribution is -0.136. The summed E-state index contributed by atoms with van der Waals surface area (Å²) in [5.74, 6) is 1.47. The van der Waals surface area contributed by atoms with Gasteiger partial charge in [-0.1, -0.05) is 56.3 Å². The number of nitrogens with zero attached hydrogens (tertiary/aromatic N) is 4. The number of carbonyl (C=O) groups excluding carboxylic acids is 1. The van der Waals surface area contributed by atoms with E-state index in [1.807, 2.05) is 17.0 Å². The lowest BCUT2D eigenvalue weighted by Crippen LogP contribution is -2.51. The Hall–Kier alpha value is -2.82. The summed E-state index contributed by atoms with van der Waals surface area (Å²) in [7, 11) is 0. The van der Waals surface area contributed by atoms with Crippen molar-refractivity contribution < 1.29 is 4.79 Å². The van der Waals surface area contributed by atoms with Gasteiger partial charge in [0.2, 0.25) is 11.9 Å². The van der Waals surface area contributed by atoms with Gasteiger partial charge in [-0.3, -0.25) is 4.79 Å². The molecule has 0 N–H and O–H groups in total. The third-order valence-corrected chi connectivity index (χ3v) is 6.03. The van der Waals surface area contributed by atoms with Gasteiger partial charge in [-0.25, -0.2) is 4.98 Å². The van der Waals surface area contributed by atoms with Crippen molar-refractivity contribution in [3.63, 3.8) is 0 Å². The molecule has 1 amide bonds. The van der Waals surface area contributed by atoms with Crippen molar-refractivity contribution in [1.29, 1.82) is 0 Å². The Balaban J connectivity index is 1.57. The Morgan fingerprint density at radius 3 is 2.28 bits per heavy atom.